The highest BCUT2D eigenvalue weighted by Gasteiger charge is 2.20. The lowest BCUT2D eigenvalue weighted by atomic mass is 10.2. The predicted molar refractivity (Wildman–Crippen MR) is 82.0 cm³/mol. The fourth-order valence-electron chi connectivity index (χ4n) is 1.66. The molecule has 0 heterocycles. The van der Waals surface area contributed by atoms with Crippen molar-refractivity contribution in [1.82, 2.24) is 0 Å². The van der Waals surface area contributed by atoms with Crippen molar-refractivity contribution in [1.29, 1.82) is 5.39 Å². The summed E-state index contributed by atoms with van der Waals surface area (Å²) in [4.78, 5) is 5.04. The van der Waals surface area contributed by atoms with Gasteiger partial charge < -0.3 is 9.64 Å². The van der Waals surface area contributed by atoms with E-state index in [0.29, 0.717) is 21.5 Å². The van der Waals surface area contributed by atoms with Crippen LogP contribution in [0.4, 0.5) is 11.4 Å². The Bertz CT molecular complexity index is 663. The first-order valence-electron chi connectivity index (χ1n) is 5.80. The Labute approximate surface area is 127 Å². The van der Waals surface area contributed by atoms with Gasteiger partial charge in [-0.15, -0.1) is 0 Å². The Balaban J connectivity index is 2.42. The molecule has 0 bridgehead atoms. The van der Waals surface area contributed by atoms with Gasteiger partial charge in [-0.1, -0.05) is 23.2 Å². The Morgan fingerprint density at radius 3 is 2.30 bits per heavy atom. The van der Waals surface area contributed by atoms with Gasteiger partial charge in [-0.25, -0.2) is 0 Å². The van der Waals surface area contributed by atoms with E-state index in [1.807, 2.05) is 19.0 Å². The third-order valence-electron chi connectivity index (χ3n) is 2.66. The minimum Gasteiger partial charge on any atom is -0.449 e. The Morgan fingerprint density at radius 1 is 1.10 bits per heavy atom. The summed E-state index contributed by atoms with van der Waals surface area (Å²) in [6, 6.07) is 10.2. The molecular weight excluding hydrogens is 297 g/mol. The lowest BCUT2D eigenvalue weighted by molar-refractivity contribution is 0.485. The lowest BCUT2D eigenvalue weighted by Crippen LogP contribution is -2.09. The number of diazo groups is 1. The van der Waals surface area contributed by atoms with Crippen LogP contribution in [-0.4, -0.2) is 14.1 Å². The first-order valence-corrected chi connectivity index (χ1v) is 6.56. The third-order valence-corrected chi connectivity index (χ3v) is 3.21. The zero-order chi connectivity index (χ0) is 14.7. The predicted octanol–water partition coefficient (Wildman–Crippen LogP) is 5.34. The van der Waals surface area contributed by atoms with Gasteiger partial charge in [0.1, 0.15) is 5.75 Å². The normalized spacial score (nSPS) is 9.95. The quantitative estimate of drug-likeness (QED) is 0.719. The van der Waals surface area contributed by atoms with Crippen LogP contribution < -0.4 is 9.64 Å². The molecule has 4 nitrogen and oxygen atoms in total. The van der Waals surface area contributed by atoms with E-state index in [9.17, 15) is 0 Å². The molecule has 0 fully saturated rings. The number of benzene rings is 2. The van der Waals surface area contributed by atoms with Gasteiger partial charge >= 0.3 is 5.69 Å². The molecule has 0 aromatic heterocycles. The van der Waals surface area contributed by atoms with E-state index in [1.54, 1.807) is 36.4 Å². The van der Waals surface area contributed by atoms with Crippen molar-refractivity contribution in [3.05, 3.63) is 51.4 Å². The highest BCUT2D eigenvalue weighted by Crippen LogP contribution is 2.39. The van der Waals surface area contributed by atoms with E-state index in [1.165, 1.54) is 0 Å². The van der Waals surface area contributed by atoms with Crippen LogP contribution in [0.2, 0.25) is 10.0 Å². The van der Waals surface area contributed by atoms with E-state index in [4.69, 9.17) is 33.3 Å². The molecular formula is C14H12Cl2N3O+. The van der Waals surface area contributed by atoms with Crippen molar-refractivity contribution in [2.75, 3.05) is 19.0 Å². The number of anilines is 1. The zero-order valence-electron chi connectivity index (χ0n) is 11.0. The van der Waals surface area contributed by atoms with Crippen molar-refractivity contribution < 1.29 is 4.74 Å². The van der Waals surface area contributed by atoms with Gasteiger partial charge in [0.25, 0.3) is 0 Å². The van der Waals surface area contributed by atoms with Gasteiger partial charge in [0, 0.05) is 25.2 Å². The van der Waals surface area contributed by atoms with Crippen LogP contribution in [0.3, 0.4) is 0 Å². The highest BCUT2D eigenvalue weighted by molar-refractivity contribution is 6.33. The zero-order valence-corrected chi connectivity index (χ0v) is 12.5. The van der Waals surface area contributed by atoms with Crippen molar-refractivity contribution >= 4 is 34.6 Å². The second-order valence-corrected chi connectivity index (χ2v) is 5.17. The second kappa shape index (κ2) is 6.00. The summed E-state index contributed by atoms with van der Waals surface area (Å²) in [7, 11) is 3.73. The summed E-state index contributed by atoms with van der Waals surface area (Å²) in [6.45, 7) is 0. The van der Waals surface area contributed by atoms with Crippen LogP contribution in [0.5, 0.6) is 11.5 Å². The molecule has 2 aromatic rings. The van der Waals surface area contributed by atoms with E-state index < -0.39 is 0 Å². The molecule has 2 aromatic carbocycles. The average Bonchev–Trinajstić information content (AvgIpc) is 2.42. The molecule has 0 atom stereocenters. The van der Waals surface area contributed by atoms with Crippen molar-refractivity contribution in [3.63, 3.8) is 0 Å². The fraction of sp³-hybridized carbons (Fsp3) is 0.143. The molecule has 0 aliphatic carbocycles. The molecule has 0 spiro atoms. The maximum atomic E-state index is 9.05. The van der Waals surface area contributed by atoms with Gasteiger partial charge in [0.05, 0.1) is 16.8 Å². The standard InChI is InChI=1S/C14H12Cl2N3O/c1-19(2)13-8-14(12(18-17)7-11(13)16)20-10-5-3-9(15)4-6-10/h3-8H,1-2H3/q+1. The Kier molecular flexibility index (Phi) is 4.33. The minimum atomic E-state index is 0.260. The van der Waals surface area contributed by atoms with Crippen LogP contribution in [0, 0.1) is 5.39 Å². The molecule has 20 heavy (non-hydrogen) atoms. The van der Waals surface area contributed by atoms with Gasteiger partial charge in [-0.2, -0.15) is 0 Å². The molecule has 0 aliphatic heterocycles. The maximum Gasteiger partial charge on any atom is 0.428 e. The number of rotatable bonds is 3. The molecule has 0 saturated carbocycles. The van der Waals surface area contributed by atoms with E-state index >= 15 is 0 Å². The number of hydrogen-bond donors (Lipinski definition) is 0. The van der Waals surface area contributed by atoms with Crippen LogP contribution in [0.25, 0.3) is 4.98 Å². The molecule has 0 unspecified atom stereocenters. The van der Waals surface area contributed by atoms with Crippen molar-refractivity contribution in [2.45, 2.75) is 0 Å². The molecule has 0 saturated heterocycles. The van der Waals surface area contributed by atoms with Gasteiger partial charge in [-0.05, 0) is 24.3 Å². The minimum absolute atomic E-state index is 0.260. The largest absolute Gasteiger partial charge is 0.449 e. The summed E-state index contributed by atoms with van der Waals surface area (Å²) in [5.41, 5.74) is 1.03. The van der Waals surface area contributed by atoms with E-state index in [2.05, 4.69) is 4.98 Å². The molecule has 2 rings (SSSR count). The topological polar surface area (TPSA) is 40.6 Å². The molecule has 0 radical (unpaired) electrons. The van der Waals surface area contributed by atoms with Crippen LogP contribution in [0.1, 0.15) is 0 Å². The molecule has 0 amide bonds. The lowest BCUT2D eigenvalue weighted by Gasteiger charge is -2.14. The van der Waals surface area contributed by atoms with Crippen LogP contribution >= 0.6 is 23.2 Å². The molecule has 0 aliphatic rings. The van der Waals surface area contributed by atoms with Crippen LogP contribution in [0.15, 0.2) is 36.4 Å². The highest BCUT2D eigenvalue weighted by atomic mass is 35.5. The second-order valence-electron chi connectivity index (χ2n) is 4.32. The third kappa shape index (κ3) is 3.13. The summed E-state index contributed by atoms with van der Waals surface area (Å²) >= 11 is 11.9. The summed E-state index contributed by atoms with van der Waals surface area (Å²) < 4.78 is 5.70. The first kappa shape index (κ1) is 14.4. The Morgan fingerprint density at radius 2 is 1.75 bits per heavy atom. The van der Waals surface area contributed by atoms with Crippen LogP contribution in [-0.2, 0) is 0 Å². The van der Waals surface area contributed by atoms with Crippen molar-refractivity contribution in [2.24, 2.45) is 0 Å². The number of ether oxygens (including phenoxy) is 1. The number of hydrogen-bond acceptors (Lipinski definition) is 3. The van der Waals surface area contributed by atoms with Gasteiger partial charge in [-0.3, -0.25) is 0 Å². The van der Waals surface area contributed by atoms with Gasteiger partial charge in [0.15, 0.2) is 4.98 Å². The first-order chi connectivity index (χ1) is 9.51. The maximum absolute atomic E-state index is 9.05. The average molecular weight is 309 g/mol. The van der Waals surface area contributed by atoms with E-state index in [0.717, 1.165) is 5.69 Å². The summed E-state index contributed by atoms with van der Waals surface area (Å²) in [5, 5.41) is 10.1. The van der Waals surface area contributed by atoms with E-state index in [-0.39, 0.29) is 5.69 Å². The summed E-state index contributed by atoms with van der Waals surface area (Å²) in [5.74, 6) is 0.995. The monoisotopic (exact) mass is 308 g/mol. The number of nitrogens with zero attached hydrogens (tertiary/aromatic N) is 3. The molecule has 6 heteroatoms. The van der Waals surface area contributed by atoms with Gasteiger partial charge in [0.2, 0.25) is 11.1 Å². The molecule has 102 valence electrons. The summed E-state index contributed by atoms with van der Waals surface area (Å²) in [6.07, 6.45) is 0. The Hall–Kier alpha value is -1.96. The number of halogens is 2. The smallest absolute Gasteiger partial charge is 0.428 e. The fourth-order valence-corrected chi connectivity index (χ4v) is 2.12. The molecule has 0 N–H and O–H groups in total. The SMILES string of the molecule is CN(C)c1cc(Oc2ccc(Cl)cc2)c([N+]#N)cc1Cl. The van der Waals surface area contributed by atoms with Crippen molar-refractivity contribution in [3.8, 4) is 11.5 Å².